The highest BCUT2D eigenvalue weighted by atomic mass is 35.5. The summed E-state index contributed by atoms with van der Waals surface area (Å²) in [5, 5.41) is -3.31. The fourth-order valence-corrected chi connectivity index (χ4v) is 0.923. The van der Waals surface area contributed by atoms with E-state index in [9.17, 15) is 44.7 Å². The van der Waals surface area contributed by atoms with Crippen LogP contribution < -0.4 is 0 Å². The maximum Gasteiger partial charge on any atom is 0.435 e. The summed E-state index contributed by atoms with van der Waals surface area (Å²) in [5.41, 5.74) is -6.71. The molecule has 0 aliphatic heterocycles. The van der Waals surface area contributed by atoms with E-state index < -0.39 is 35.2 Å². The molecule has 0 fully saturated rings. The molecule has 100 valence electrons. The van der Waals surface area contributed by atoms with Gasteiger partial charge in [0, 0.05) is 0 Å². The molecule has 0 saturated heterocycles. The van der Waals surface area contributed by atoms with Crippen molar-refractivity contribution in [3.05, 3.63) is 0 Å². The van der Waals surface area contributed by atoms with Crippen molar-refractivity contribution >= 4 is 23.1 Å². The number of carbonyl (C=O) groups is 2. The average Bonchev–Trinajstić information content (AvgIpc) is 2.13. The van der Waals surface area contributed by atoms with Gasteiger partial charge in [0.25, 0.3) is 5.24 Å². The Morgan fingerprint density at radius 3 is 1.47 bits per heavy atom. The predicted molar refractivity (Wildman–Crippen MR) is 36.7 cm³/mol. The molecule has 0 N–H and O–H groups in total. The van der Waals surface area contributed by atoms with Crippen molar-refractivity contribution in [3.63, 3.8) is 0 Å². The van der Waals surface area contributed by atoms with Crippen LogP contribution in [0, 0.1) is 0 Å². The largest absolute Gasteiger partial charge is 0.435 e. The molecule has 17 heavy (non-hydrogen) atoms. The van der Waals surface area contributed by atoms with Gasteiger partial charge in [0.15, 0.2) is 6.29 Å². The topological polar surface area (TPSA) is 34.1 Å². The predicted octanol–water partition coefficient (Wildman–Crippen LogP) is 2.49. The molecule has 0 heterocycles. The lowest BCUT2D eigenvalue weighted by molar-refractivity contribution is -0.342. The van der Waals surface area contributed by atoms with Crippen molar-refractivity contribution in [1.82, 2.24) is 0 Å². The van der Waals surface area contributed by atoms with Crippen molar-refractivity contribution in [1.29, 1.82) is 0 Å². The van der Waals surface area contributed by atoms with Gasteiger partial charge in [-0.1, -0.05) is 0 Å². The van der Waals surface area contributed by atoms with Crippen molar-refractivity contribution in [2.45, 2.75) is 23.7 Å². The van der Waals surface area contributed by atoms with E-state index in [0.717, 1.165) is 0 Å². The van der Waals surface area contributed by atoms with E-state index in [1.54, 1.807) is 0 Å². The molecule has 0 radical (unpaired) electrons. The molecule has 0 aliphatic carbocycles. The Kier molecular flexibility index (Phi) is 3.85. The van der Waals surface area contributed by atoms with E-state index in [0.29, 0.717) is 0 Å². The minimum Gasteiger partial charge on any atom is -0.297 e. The van der Waals surface area contributed by atoms with E-state index in [1.807, 2.05) is 0 Å². The molecule has 11 heteroatoms. The number of hydrogen-bond donors (Lipinski definition) is 0. The summed E-state index contributed by atoms with van der Waals surface area (Å²) in [6, 6.07) is 0. The van der Waals surface area contributed by atoms with Gasteiger partial charge >= 0.3 is 23.7 Å². The van der Waals surface area contributed by atoms with Crippen LogP contribution in [0.15, 0.2) is 0 Å². The van der Waals surface area contributed by atoms with Crippen LogP contribution in [0.25, 0.3) is 0 Å². The molecule has 0 aliphatic rings. The Bertz CT molecular complexity index is 337. The summed E-state index contributed by atoms with van der Waals surface area (Å²) < 4.78 is 98.7. The van der Waals surface area contributed by atoms with Gasteiger partial charge in [-0.3, -0.25) is 9.59 Å². The molecular weight excluding hydrogens is 292 g/mol. The van der Waals surface area contributed by atoms with Crippen LogP contribution in [0.5, 0.6) is 0 Å². The van der Waals surface area contributed by atoms with Gasteiger partial charge in [-0.15, -0.1) is 0 Å². The summed E-state index contributed by atoms with van der Waals surface area (Å²) in [6.07, 6.45) is -8.88. The zero-order valence-corrected chi connectivity index (χ0v) is 8.05. The molecule has 0 spiro atoms. The Morgan fingerprint density at radius 2 is 1.29 bits per heavy atom. The van der Waals surface area contributed by atoms with Crippen LogP contribution >= 0.6 is 11.6 Å². The Hall–Kier alpha value is -0.930. The van der Waals surface area contributed by atoms with Gasteiger partial charge in [-0.25, -0.2) is 4.39 Å². The quantitative estimate of drug-likeness (QED) is 0.453. The number of halogens is 9. The van der Waals surface area contributed by atoms with Crippen LogP contribution in [0.4, 0.5) is 35.1 Å². The molecule has 2 nitrogen and oxygen atoms in total. The molecule has 0 bridgehead atoms. The van der Waals surface area contributed by atoms with Gasteiger partial charge in [0.1, 0.15) is 0 Å². The second-order valence-corrected chi connectivity index (χ2v) is 3.09. The first-order valence-electron chi connectivity index (χ1n) is 3.43. The fourth-order valence-electron chi connectivity index (χ4n) is 0.793. The second kappa shape index (κ2) is 4.07. The molecular formula is C6HClF8O2. The monoisotopic (exact) mass is 292 g/mol. The van der Waals surface area contributed by atoms with Crippen molar-refractivity contribution in [2.24, 2.45) is 0 Å². The number of aldehydes is 1. The Morgan fingerprint density at radius 1 is 0.941 bits per heavy atom. The average molecular weight is 293 g/mol. The van der Waals surface area contributed by atoms with Crippen LogP contribution in [0.2, 0.25) is 0 Å². The zero-order chi connectivity index (χ0) is 14.3. The summed E-state index contributed by atoms with van der Waals surface area (Å²) in [5.74, 6) is -12.5. The van der Waals surface area contributed by atoms with Crippen LogP contribution in [-0.4, -0.2) is 35.2 Å². The highest BCUT2D eigenvalue weighted by Gasteiger charge is 2.85. The minimum absolute atomic E-state index is 1.98. The summed E-state index contributed by atoms with van der Waals surface area (Å²) >= 11 is 3.94. The Balaban J connectivity index is 6.11. The van der Waals surface area contributed by atoms with Gasteiger partial charge < -0.3 is 0 Å². The van der Waals surface area contributed by atoms with Crippen LogP contribution in [-0.2, 0) is 9.59 Å². The second-order valence-electron chi connectivity index (χ2n) is 2.75. The summed E-state index contributed by atoms with van der Waals surface area (Å²) in [7, 11) is 0. The van der Waals surface area contributed by atoms with Crippen LogP contribution in [0.3, 0.4) is 0 Å². The maximum atomic E-state index is 12.9. The third-order valence-corrected chi connectivity index (χ3v) is 1.91. The first kappa shape index (κ1) is 16.1. The third-order valence-electron chi connectivity index (χ3n) is 1.68. The molecule has 0 amide bonds. The molecule has 0 saturated carbocycles. The number of alkyl halides is 8. The van der Waals surface area contributed by atoms with Crippen LogP contribution in [0.1, 0.15) is 0 Å². The van der Waals surface area contributed by atoms with E-state index in [2.05, 4.69) is 11.6 Å². The maximum absolute atomic E-state index is 12.9. The van der Waals surface area contributed by atoms with E-state index in [-0.39, 0.29) is 0 Å². The zero-order valence-electron chi connectivity index (χ0n) is 7.30. The van der Waals surface area contributed by atoms with Gasteiger partial charge in [-0.2, -0.15) is 30.7 Å². The molecule has 0 aromatic carbocycles. The number of rotatable bonds is 4. The standard InChI is InChI=1S/C6HClF8O2/c7-2(17)4(10,11)5(12,6(13,14)15)3(8,9)1-16/h1H. The molecule has 0 aromatic rings. The highest BCUT2D eigenvalue weighted by molar-refractivity contribution is 6.65. The SMILES string of the molecule is O=CC(F)(F)C(F)(C(F)(F)F)C(F)(F)C(=O)Cl. The van der Waals surface area contributed by atoms with Crippen molar-refractivity contribution in [3.8, 4) is 0 Å². The molecule has 0 rings (SSSR count). The first-order chi connectivity index (χ1) is 7.25. The van der Waals surface area contributed by atoms with Gasteiger partial charge in [-0.05, 0) is 11.6 Å². The molecule has 1 unspecified atom stereocenters. The third kappa shape index (κ3) is 2.09. The summed E-state index contributed by atoms with van der Waals surface area (Å²) in [4.78, 5) is 19.6. The normalized spacial score (nSPS) is 17.5. The van der Waals surface area contributed by atoms with Gasteiger partial charge in [0.2, 0.25) is 0 Å². The number of hydrogen-bond acceptors (Lipinski definition) is 2. The minimum atomic E-state index is -6.90. The lowest BCUT2D eigenvalue weighted by Gasteiger charge is -2.35. The van der Waals surface area contributed by atoms with E-state index >= 15 is 0 Å². The molecule has 0 aromatic heterocycles. The lowest BCUT2D eigenvalue weighted by Crippen LogP contribution is -2.68. The molecule has 1 atom stereocenters. The van der Waals surface area contributed by atoms with Gasteiger partial charge in [0.05, 0.1) is 0 Å². The van der Waals surface area contributed by atoms with Crippen molar-refractivity contribution in [2.75, 3.05) is 0 Å². The smallest absolute Gasteiger partial charge is 0.297 e. The number of carbonyl (C=O) groups excluding carboxylic acids is 2. The fraction of sp³-hybridized carbons (Fsp3) is 0.667. The Labute approximate surface area is 92.5 Å². The highest BCUT2D eigenvalue weighted by Crippen LogP contribution is 2.53. The van der Waals surface area contributed by atoms with E-state index in [4.69, 9.17) is 0 Å². The summed E-state index contributed by atoms with van der Waals surface area (Å²) in [6.45, 7) is 0. The first-order valence-corrected chi connectivity index (χ1v) is 3.81. The van der Waals surface area contributed by atoms with Crippen molar-refractivity contribution < 1.29 is 44.7 Å². The lowest BCUT2D eigenvalue weighted by atomic mass is 9.90. The van der Waals surface area contributed by atoms with E-state index in [1.165, 1.54) is 0 Å².